The average molecular weight is 791 g/mol. The minimum absolute atomic E-state index is 0. The van der Waals surface area contributed by atoms with Crippen molar-refractivity contribution >= 4 is 49.1 Å². The van der Waals surface area contributed by atoms with E-state index in [0.717, 1.165) is 16.8 Å². The van der Waals surface area contributed by atoms with E-state index < -0.39 is 0 Å². The fourth-order valence-electron chi connectivity index (χ4n) is 6.38. The normalized spacial score (nSPS) is 11.3. The van der Waals surface area contributed by atoms with Crippen LogP contribution in [0.4, 0.5) is 0 Å². The van der Waals surface area contributed by atoms with Crippen molar-refractivity contribution in [1.82, 2.24) is 9.55 Å². The van der Waals surface area contributed by atoms with Gasteiger partial charge in [0.2, 0.25) is 0 Å². The van der Waals surface area contributed by atoms with Gasteiger partial charge in [0.15, 0.2) is 5.78 Å². The number of ketones is 1. The molecule has 0 amide bonds. The quantitative estimate of drug-likeness (QED) is 0.0836. The molecular formula is C42H31N2O2Pt-. The molecule has 1 N–H and O–H groups in total. The van der Waals surface area contributed by atoms with Gasteiger partial charge < -0.3 is 14.7 Å². The van der Waals surface area contributed by atoms with Crippen LogP contribution in [0.2, 0.25) is 0 Å². The molecule has 0 bridgehead atoms. The van der Waals surface area contributed by atoms with Crippen molar-refractivity contribution in [2.75, 3.05) is 0 Å². The molecule has 2 heterocycles. The first-order chi connectivity index (χ1) is 22.5. The Hall–Kier alpha value is -5.31. The second-order valence-corrected chi connectivity index (χ2v) is 11.3. The molecule has 5 heteroatoms. The Bertz CT molecular complexity index is 2290. The zero-order valence-electron chi connectivity index (χ0n) is 25.9. The summed E-state index contributed by atoms with van der Waals surface area (Å²) in [7, 11) is 0. The monoisotopic (exact) mass is 790 g/mol. The first-order valence-electron chi connectivity index (χ1n) is 15.2. The molecule has 6 aromatic carbocycles. The number of aliphatic hydroxyl groups excluding tert-OH is 1. The molecule has 232 valence electrons. The Labute approximate surface area is 287 Å². The van der Waals surface area contributed by atoms with E-state index in [1.165, 1.54) is 74.5 Å². The first kappa shape index (κ1) is 31.7. The summed E-state index contributed by atoms with van der Waals surface area (Å²) in [5.74, 6) is -0.0625. The Kier molecular flexibility index (Phi) is 9.15. The van der Waals surface area contributed by atoms with E-state index in [0.29, 0.717) is 0 Å². The Morgan fingerprint density at radius 1 is 0.660 bits per heavy atom. The van der Waals surface area contributed by atoms with Crippen LogP contribution in [0.3, 0.4) is 0 Å². The van der Waals surface area contributed by atoms with Crippen molar-refractivity contribution in [3.63, 3.8) is 0 Å². The number of rotatable bonds is 4. The number of carbonyl (C=O) groups is 1. The fourth-order valence-corrected chi connectivity index (χ4v) is 6.38. The van der Waals surface area contributed by atoms with Crippen LogP contribution in [-0.4, -0.2) is 20.4 Å². The van der Waals surface area contributed by atoms with Crippen LogP contribution in [-0.2, 0) is 25.9 Å². The maximum Gasteiger partial charge on any atom is 0.155 e. The third kappa shape index (κ3) is 6.01. The van der Waals surface area contributed by atoms with Gasteiger partial charge in [0, 0.05) is 54.9 Å². The summed E-state index contributed by atoms with van der Waals surface area (Å²) in [6.07, 6.45) is 2.99. The van der Waals surface area contributed by atoms with Gasteiger partial charge in [-0.15, -0.1) is 29.8 Å². The van der Waals surface area contributed by atoms with Gasteiger partial charge in [0.05, 0.1) is 22.5 Å². The van der Waals surface area contributed by atoms with Gasteiger partial charge >= 0.3 is 0 Å². The molecule has 47 heavy (non-hydrogen) atoms. The second-order valence-electron chi connectivity index (χ2n) is 11.3. The number of aromatic nitrogens is 2. The molecule has 0 radical (unpaired) electrons. The topological polar surface area (TPSA) is 55.1 Å². The third-order valence-corrected chi connectivity index (χ3v) is 8.16. The minimum Gasteiger partial charge on any atom is -0.512 e. The summed E-state index contributed by atoms with van der Waals surface area (Å²) >= 11 is 0. The van der Waals surface area contributed by atoms with Gasteiger partial charge in [-0.1, -0.05) is 103 Å². The Balaban J connectivity index is 0.000000438. The molecule has 4 nitrogen and oxygen atoms in total. The van der Waals surface area contributed by atoms with Crippen LogP contribution >= 0.6 is 0 Å². The van der Waals surface area contributed by atoms with Crippen molar-refractivity contribution in [2.24, 2.45) is 0 Å². The third-order valence-electron chi connectivity index (χ3n) is 8.16. The van der Waals surface area contributed by atoms with E-state index in [1.54, 1.807) is 0 Å². The summed E-state index contributed by atoms with van der Waals surface area (Å²) in [5, 5.41) is 15.8. The van der Waals surface area contributed by atoms with Crippen molar-refractivity contribution < 1.29 is 31.0 Å². The van der Waals surface area contributed by atoms with E-state index in [1.807, 2.05) is 24.4 Å². The van der Waals surface area contributed by atoms with Gasteiger partial charge in [-0.2, -0.15) is 0 Å². The average Bonchev–Trinajstić information content (AvgIpc) is 3.41. The van der Waals surface area contributed by atoms with E-state index in [4.69, 9.17) is 5.11 Å². The predicted molar refractivity (Wildman–Crippen MR) is 190 cm³/mol. The van der Waals surface area contributed by atoms with E-state index >= 15 is 0 Å². The number of hydrogen-bond donors (Lipinski definition) is 1. The van der Waals surface area contributed by atoms with Crippen molar-refractivity contribution in [2.45, 2.75) is 13.8 Å². The van der Waals surface area contributed by atoms with Crippen LogP contribution in [0.15, 0.2) is 151 Å². The first-order valence-corrected chi connectivity index (χ1v) is 15.2. The number of para-hydroxylation sites is 2. The van der Waals surface area contributed by atoms with Crippen molar-refractivity contribution in [3.05, 3.63) is 158 Å². The number of aliphatic hydroxyl groups is 1. The van der Waals surface area contributed by atoms with Crippen LogP contribution in [0, 0.1) is 6.07 Å². The van der Waals surface area contributed by atoms with Crippen LogP contribution in [0.5, 0.6) is 0 Å². The Morgan fingerprint density at radius 2 is 1.17 bits per heavy atom. The van der Waals surface area contributed by atoms with Gasteiger partial charge in [0.25, 0.3) is 0 Å². The van der Waals surface area contributed by atoms with Gasteiger partial charge in [-0.25, -0.2) is 0 Å². The minimum atomic E-state index is -0.125. The zero-order valence-corrected chi connectivity index (χ0v) is 28.2. The summed E-state index contributed by atoms with van der Waals surface area (Å²) < 4.78 is 2.45. The predicted octanol–water partition coefficient (Wildman–Crippen LogP) is 10.7. The van der Waals surface area contributed by atoms with E-state index in [-0.39, 0.29) is 32.6 Å². The smallest absolute Gasteiger partial charge is 0.155 e. The molecule has 0 aliphatic carbocycles. The number of hydrogen-bond acceptors (Lipinski definition) is 3. The van der Waals surface area contributed by atoms with Crippen molar-refractivity contribution in [1.29, 1.82) is 0 Å². The second kappa shape index (κ2) is 13.6. The summed E-state index contributed by atoms with van der Waals surface area (Å²) in [5.41, 5.74) is 7.96. The van der Waals surface area contributed by atoms with Crippen LogP contribution < -0.4 is 0 Å². The molecule has 8 aromatic rings. The Morgan fingerprint density at radius 3 is 1.62 bits per heavy atom. The molecule has 0 aliphatic rings. The van der Waals surface area contributed by atoms with E-state index in [9.17, 15) is 4.79 Å². The molecular weight excluding hydrogens is 760 g/mol. The standard InChI is InChI=1S/C37H23N2.C5H8O2.Pt/c1-3-15-31-29(13-1)36(26-22-20-25(21-23-26)33-17-9-10-24-38-33)30-14-2-4-16-32(30)37(31)39-34-18-7-5-11-27(34)28-12-6-8-19-35(28)39;1-4(6)3-5(2)7;/h1-20,22-24H;3,6H,1-2H3;/q-1;;/b;4-3-;. The zero-order chi connectivity index (χ0) is 31.6. The molecule has 0 aliphatic heterocycles. The van der Waals surface area contributed by atoms with Gasteiger partial charge in [-0.05, 0) is 54.1 Å². The summed E-state index contributed by atoms with van der Waals surface area (Å²) in [6, 6.07) is 51.0. The van der Waals surface area contributed by atoms with Crippen molar-refractivity contribution in [3.8, 4) is 28.1 Å². The molecule has 0 fully saturated rings. The number of fused-ring (bicyclic) bond motifs is 5. The van der Waals surface area contributed by atoms with Crippen LogP contribution in [0.25, 0.3) is 71.4 Å². The fraction of sp³-hybridized carbons (Fsp3) is 0.0476. The number of pyridine rings is 1. The number of benzene rings is 6. The van der Waals surface area contributed by atoms with Gasteiger partial charge in [-0.3, -0.25) is 4.79 Å². The maximum absolute atomic E-state index is 10.0. The van der Waals surface area contributed by atoms with E-state index in [2.05, 4.69) is 131 Å². The number of allylic oxidation sites excluding steroid dienone is 2. The largest absolute Gasteiger partial charge is 0.512 e. The van der Waals surface area contributed by atoms with Gasteiger partial charge in [0.1, 0.15) is 0 Å². The summed E-state index contributed by atoms with van der Waals surface area (Å²) in [6.45, 7) is 2.85. The molecule has 0 saturated heterocycles. The summed E-state index contributed by atoms with van der Waals surface area (Å²) in [4.78, 5) is 14.5. The molecule has 0 saturated carbocycles. The number of carbonyl (C=O) groups excluding carboxylic acids is 1. The maximum atomic E-state index is 10.0. The number of nitrogens with zero attached hydrogens (tertiary/aromatic N) is 2. The molecule has 0 unspecified atom stereocenters. The van der Waals surface area contributed by atoms with Crippen LogP contribution in [0.1, 0.15) is 13.8 Å². The SMILES string of the molecule is CC(=O)/C=C(/C)O.[Pt].[c-]1cc(-c2c3ccccc3c(-n3c4ccccc4c4ccccc43)c3ccccc23)ccc1-c1ccccn1. The molecule has 8 rings (SSSR count). The molecule has 0 spiro atoms. The molecule has 2 aromatic heterocycles. The molecule has 0 atom stereocenters.